The Labute approximate surface area is 209 Å². The number of halogens is 3. The van der Waals surface area contributed by atoms with Gasteiger partial charge in [-0.15, -0.1) is 4.91 Å². The maximum atomic E-state index is 13.2. The molecule has 2 aromatic carbocycles. The summed E-state index contributed by atoms with van der Waals surface area (Å²) in [4.78, 5) is 15.2. The van der Waals surface area contributed by atoms with Gasteiger partial charge in [0.25, 0.3) is 0 Å². The third-order valence-corrected chi connectivity index (χ3v) is 8.63. The molecule has 0 bridgehead atoms. The Bertz CT molecular complexity index is 1130. The molecule has 0 saturated carbocycles. The Morgan fingerprint density at radius 2 is 1.61 bits per heavy atom. The molecule has 8 nitrogen and oxygen atoms in total. The molecule has 0 aromatic heterocycles. The molecule has 12 heteroatoms. The van der Waals surface area contributed by atoms with E-state index in [2.05, 4.69) is 32.4 Å². The van der Waals surface area contributed by atoms with Crippen molar-refractivity contribution in [1.29, 1.82) is 0 Å². The van der Waals surface area contributed by atoms with Gasteiger partial charge in [-0.3, -0.25) is 4.90 Å². The van der Waals surface area contributed by atoms with Crippen molar-refractivity contribution >= 4 is 27.1 Å². The van der Waals surface area contributed by atoms with Crippen molar-refractivity contribution in [3.8, 4) is 0 Å². The van der Waals surface area contributed by atoms with Crippen LogP contribution in [0.4, 0.5) is 30.2 Å². The number of alkyl halides is 3. The van der Waals surface area contributed by atoms with E-state index in [0.29, 0.717) is 32.5 Å². The van der Waals surface area contributed by atoms with Crippen LogP contribution in [-0.2, 0) is 16.2 Å². The van der Waals surface area contributed by atoms with Crippen LogP contribution in [-0.4, -0.2) is 75.2 Å². The summed E-state index contributed by atoms with van der Waals surface area (Å²) in [7, 11) is -3.43. The fraction of sp³-hybridized carbons (Fsp3) is 0.500. The quantitative estimate of drug-likeness (QED) is 0.522. The van der Waals surface area contributed by atoms with Crippen LogP contribution in [0.3, 0.4) is 0 Å². The van der Waals surface area contributed by atoms with Crippen molar-refractivity contribution in [2.45, 2.75) is 25.1 Å². The average molecular weight is 526 g/mol. The number of piperazine rings is 1. The van der Waals surface area contributed by atoms with Gasteiger partial charge < -0.3 is 10.2 Å². The monoisotopic (exact) mass is 525 g/mol. The first kappa shape index (κ1) is 26.4. The van der Waals surface area contributed by atoms with Crippen LogP contribution in [0.25, 0.3) is 0 Å². The maximum Gasteiger partial charge on any atom is 0.418 e. The minimum absolute atomic E-state index is 0.0472. The second-order valence-electron chi connectivity index (χ2n) is 9.12. The maximum absolute atomic E-state index is 13.2. The predicted molar refractivity (Wildman–Crippen MR) is 134 cm³/mol. The highest BCUT2D eigenvalue weighted by Gasteiger charge is 2.35. The lowest BCUT2D eigenvalue weighted by molar-refractivity contribution is -0.137. The number of nitroso groups, excluding NO2 is 1. The number of sulfonamides is 1. The number of benzene rings is 2. The van der Waals surface area contributed by atoms with Gasteiger partial charge in [0.1, 0.15) is 5.69 Å². The summed E-state index contributed by atoms with van der Waals surface area (Å²) in [5.41, 5.74) is -0.347. The Morgan fingerprint density at radius 1 is 0.944 bits per heavy atom. The summed E-state index contributed by atoms with van der Waals surface area (Å²) in [5.74, 6) is 0.0472. The summed E-state index contributed by atoms with van der Waals surface area (Å²) < 4.78 is 66.8. The van der Waals surface area contributed by atoms with E-state index in [1.165, 1.54) is 16.1 Å². The van der Waals surface area contributed by atoms with Gasteiger partial charge in [-0.1, -0.05) is 18.2 Å². The molecule has 1 N–H and O–H groups in total. The molecule has 0 radical (unpaired) electrons. The molecular formula is C24H30F3N5O3S. The number of nitrogens with zero attached hydrogens (tertiary/aromatic N) is 4. The Morgan fingerprint density at radius 3 is 2.22 bits per heavy atom. The summed E-state index contributed by atoms with van der Waals surface area (Å²) in [6.45, 7) is 4.38. The second-order valence-corrected chi connectivity index (χ2v) is 11.2. The molecule has 0 amide bonds. The first-order valence-electron chi connectivity index (χ1n) is 12.0. The van der Waals surface area contributed by atoms with E-state index >= 15 is 0 Å². The van der Waals surface area contributed by atoms with Crippen molar-refractivity contribution in [3.63, 3.8) is 0 Å². The number of hydrogen-bond acceptors (Lipinski definition) is 7. The number of rotatable bonds is 8. The SMILES string of the molecule is O=Nc1ccc(NC2CCN(S(=O)(=O)CCN3CCN(c4ccccc4)CC3)CC2)cc1C(F)(F)F. The zero-order chi connectivity index (χ0) is 25.8. The van der Waals surface area contributed by atoms with Crippen LogP contribution in [0.1, 0.15) is 18.4 Å². The number of piperidine rings is 1. The van der Waals surface area contributed by atoms with E-state index in [0.717, 1.165) is 38.3 Å². The van der Waals surface area contributed by atoms with E-state index in [4.69, 9.17) is 0 Å². The molecule has 2 aromatic rings. The highest BCUT2D eigenvalue weighted by molar-refractivity contribution is 7.89. The van der Waals surface area contributed by atoms with Crippen molar-refractivity contribution in [2.75, 3.05) is 61.8 Å². The van der Waals surface area contributed by atoms with Gasteiger partial charge in [-0.05, 0) is 48.4 Å². The van der Waals surface area contributed by atoms with Crippen LogP contribution >= 0.6 is 0 Å². The normalized spacial score (nSPS) is 18.8. The predicted octanol–water partition coefficient (Wildman–Crippen LogP) is 4.13. The van der Waals surface area contributed by atoms with Crippen LogP contribution in [0.5, 0.6) is 0 Å². The molecule has 0 atom stereocenters. The van der Waals surface area contributed by atoms with Gasteiger partial charge in [-0.2, -0.15) is 13.2 Å². The highest BCUT2D eigenvalue weighted by Crippen LogP contribution is 2.38. The van der Waals surface area contributed by atoms with Gasteiger partial charge in [0.15, 0.2) is 0 Å². The van der Waals surface area contributed by atoms with E-state index < -0.39 is 27.5 Å². The molecule has 36 heavy (non-hydrogen) atoms. The Hall–Kier alpha value is -2.70. The topological polar surface area (TPSA) is 85.3 Å². The standard InChI is InChI=1S/C24H30F3N5O3S/c25-24(26,27)22-18-20(6-7-23(22)29-33)28-19-8-10-32(11-9-19)36(34,35)17-16-30-12-14-31(15-13-30)21-4-2-1-3-5-21/h1-7,18-19,28H,8-17H2. The number of hydrogen-bond donors (Lipinski definition) is 1. The summed E-state index contributed by atoms with van der Waals surface area (Å²) in [5, 5.41) is 5.49. The van der Waals surface area contributed by atoms with Crippen LogP contribution < -0.4 is 10.2 Å². The molecule has 4 rings (SSSR count). The molecule has 0 aliphatic carbocycles. The molecule has 0 unspecified atom stereocenters. The van der Waals surface area contributed by atoms with Crippen molar-refractivity contribution in [1.82, 2.24) is 9.21 Å². The number of para-hydroxylation sites is 1. The Balaban J connectivity index is 1.24. The third-order valence-electron chi connectivity index (χ3n) is 6.78. The first-order valence-corrected chi connectivity index (χ1v) is 13.6. The van der Waals surface area contributed by atoms with Crippen LogP contribution in [0.2, 0.25) is 0 Å². The van der Waals surface area contributed by atoms with E-state index in [1.54, 1.807) is 0 Å². The lowest BCUT2D eigenvalue weighted by atomic mass is 10.1. The molecule has 196 valence electrons. The fourth-order valence-corrected chi connectivity index (χ4v) is 6.20. The smallest absolute Gasteiger partial charge is 0.382 e. The van der Waals surface area contributed by atoms with E-state index in [1.807, 2.05) is 18.2 Å². The second kappa shape index (κ2) is 11.1. The Kier molecular flexibility index (Phi) is 8.16. The van der Waals surface area contributed by atoms with Crippen molar-refractivity contribution in [2.24, 2.45) is 5.18 Å². The molecule has 2 aliphatic heterocycles. The average Bonchev–Trinajstić information content (AvgIpc) is 2.88. The highest BCUT2D eigenvalue weighted by atomic mass is 32.2. The van der Waals surface area contributed by atoms with E-state index in [9.17, 15) is 26.5 Å². The number of nitrogens with one attached hydrogen (secondary N) is 1. The van der Waals surface area contributed by atoms with E-state index in [-0.39, 0.29) is 17.5 Å². The molecule has 2 aliphatic rings. The lowest BCUT2D eigenvalue weighted by Crippen LogP contribution is -2.49. The first-order chi connectivity index (χ1) is 17.2. The summed E-state index contributed by atoms with van der Waals surface area (Å²) >= 11 is 0. The van der Waals surface area contributed by atoms with Crippen LogP contribution in [0.15, 0.2) is 53.7 Å². The van der Waals surface area contributed by atoms with Gasteiger partial charge in [0.05, 0.1) is 11.3 Å². The van der Waals surface area contributed by atoms with Crippen LogP contribution in [0, 0.1) is 4.91 Å². The molecule has 0 spiro atoms. The van der Waals surface area contributed by atoms with Gasteiger partial charge in [0, 0.05) is 63.2 Å². The fourth-order valence-electron chi connectivity index (χ4n) is 4.69. The largest absolute Gasteiger partial charge is 0.418 e. The molecular weight excluding hydrogens is 495 g/mol. The zero-order valence-electron chi connectivity index (χ0n) is 19.8. The van der Waals surface area contributed by atoms with Gasteiger partial charge >= 0.3 is 6.18 Å². The lowest BCUT2D eigenvalue weighted by Gasteiger charge is -2.37. The van der Waals surface area contributed by atoms with Gasteiger partial charge in [-0.25, -0.2) is 12.7 Å². The molecule has 2 heterocycles. The third kappa shape index (κ3) is 6.54. The minimum atomic E-state index is -4.69. The van der Waals surface area contributed by atoms with Gasteiger partial charge in [0.2, 0.25) is 10.0 Å². The molecule has 2 saturated heterocycles. The van der Waals surface area contributed by atoms with Crippen molar-refractivity contribution < 1.29 is 21.6 Å². The molecule has 2 fully saturated rings. The number of anilines is 2. The summed E-state index contributed by atoms with van der Waals surface area (Å²) in [6.07, 6.45) is -3.74. The van der Waals surface area contributed by atoms with Crippen molar-refractivity contribution in [3.05, 3.63) is 59.0 Å². The minimum Gasteiger partial charge on any atom is -0.382 e. The zero-order valence-corrected chi connectivity index (χ0v) is 20.6. The summed E-state index contributed by atoms with van der Waals surface area (Å²) in [6, 6.07) is 13.3.